The van der Waals surface area contributed by atoms with Crippen molar-refractivity contribution in [2.45, 2.75) is 37.8 Å². The van der Waals surface area contributed by atoms with E-state index in [0.29, 0.717) is 6.42 Å². The van der Waals surface area contributed by atoms with Gasteiger partial charge in [-0.3, -0.25) is 9.48 Å². The molecular formula is C12H16N4O2. The van der Waals surface area contributed by atoms with Crippen molar-refractivity contribution in [3.05, 3.63) is 18.0 Å². The molecule has 1 amide bonds. The Labute approximate surface area is 105 Å². The highest BCUT2D eigenvalue weighted by atomic mass is 16.3. The monoisotopic (exact) mass is 248 g/mol. The van der Waals surface area contributed by atoms with Crippen LogP contribution >= 0.6 is 0 Å². The predicted octanol–water partition coefficient (Wildman–Crippen LogP) is 0.270. The number of hydrogen-bond donors (Lipinski definition) is 1. The summed E-state index contributed by atoms with van der Waals surface area (Å²) in [4.78, 5) is 12.0. The molecule has 1 fully saturated rings. The first-order valence-corrected chi connectivity index (χ1v) is 6.22. The minimum absolute atomic E-state index is 0.0280. The number of carbonyl (C=O) groups excluding carboxylic acids is 1. The fourth-order valence-corrected chi connectivity index (χ4v) is 2.64. The first-order valence-electron chi connectivity index (χ1n) is 6.22. The number of hydrazone groups is 1. The second kappa shape index (κ2) is 4.20. The number of aliphatic hydroxyl groups excluding tert-OH is 1. The van der Waals surface area contributed by atoms with Crippen molar-refractivity contribution >= 4 is 11.6 Å². The molecule has 1 saturated carbocycles. The van der Waals surface area contributed by atoms with Gasteiger partial charge in [0.2, 0.25) is 5.91 Å². The molecule has 6 nitrogen and oxygen atoms in total. The maximum Gasteiger partial charge on any atom is 0.249 e. The van der Waals surface area contributed by atoms with E-state index in [1.54, 1.807) is 10.9 Å². The number of rotatable bonds is 2. The Balaban J connectivity index is 1.84. The highest BCUT2D eigenvalue weighted by Gasteiger charge is 2.37. The van der Waals surface area contributed by atoms with Crippen molar-refractivity contribution in [2.75, 3.05) is 0 Å². The van der Waals surface area contributed by atoms with Crippen LogP contribution in [0.1, 0.15) is 31.2 Å². The zero-order valence-corrected chi connectivity index (χ0v) is 10.3. The molecule has 18 heavy (non-hydrogen) atoms. The molecule has 2 aliphatic rings. The highest BCUT2D eigenvalue weighted by molar-refractivity contribution is 6.13. The molecule has 0 aromatic carbocycles. The van der Waals surface area contributed by atoms with Crippen LogP contribution in [0.2, 0.25) is 0 Å². The van der Waals surface area contributed by atoms with E-state index in [4.69, 9.17) is 0 Å². The Kier molecular flexibility index (Phi) is 2.66. The maximum atomic E-state index is 12.0. The van der Waals surface area contributed by atoms with Gasteiger partial charge < -0.3 is 5.11 Å². The fourth-order valence-electron chi connectivity index (χ4n) is 2.64. The molecule has 6 heteroatoms. The molecule has 1 aromatic heterocycles. The van der Waals surface area contributed by atoms with Crippen LogP contribution in [0.3, 0.4) is 0 Å². The quantitative estimate of drug-likeness (QED) is 0.816. The van der Waals surface area contributed by atoms with E-state index < -0.39 is 6.10 Å². The van der Waals surface area contributed by atoms with Crippen molar-refractivity contribution < 1.29 is 9.90 Å². The third-order valence-corrected chi connectivity index (χ3v) is 3.60. The molecule has 1 N–H and O–H groups in total. The lowest BCUT2D eigenvalue weighted by Crippen LogP contribution is -2.38. The van der Waals surface area contributed by atoms with Crippen LogP contribution in [0.15, 0.2) is 17.5 Å². The molecule has 2 atom stereocenters. The maximum absolute atomic E-state index is 12.0. The van der Waals surface area contributed by atoms with E-state index in [0.717, 1.165) is 30.5 Å². The van der Waals surface area contributed by atoms with E-state index in [-0.39, 0.29) is 11.9 Å². The van der Waals surface area contributed by atoms with Gasteiger partial charge in [-0.2, -0.15) is 10.2 Å². The van der Waals surface area contributed by atoms with Gasteiger partial charge in [-0.1, -0.05) is 0 Å². The third-order valence-electron chi connectivity index (χ3n) is 3.60. The van der Waals surface area contributed by atoms with Crippen molar-refractivity contribution in [1.29, 1.82) is 0 Å². The van der Waals surface area contributed by atoms with Gasteiger partial charge >= 0.3 is 0 Å². The van der Waals surface area contributed by atoms with Crippen molar-refractivity contribution in [3.63, 3.8) is 0 Å². The molecule has 96 valence electrons. The number of aromatic nitrogens is 2. The number of nitrogens with zero attached hydrogens (tertiary/aromatic N) is 4. The minimum atomic E-state index is -0.439. The normalized spacial score (nSPS) is 28.0. The second-order valence-corrected chi connectivity index (χ2v) is 4.93. The number of amides is 1. The number of aryl methyl sites for hydroxylation is 1. The zero-order valence-electron chi connectivity index (χ0n) is 10.3. The molecule has 1 aliphatic carbocycles. The van der Waals surface area contributed by atoms with E-state index in [1.165, 1.54) is 5.01 Å². The summed E-state index contributed by atoms with van der Waals surface area (Å²) in [7, 11) is 1.83. The van der Waals surface area contributed by atoms with E-state index >= 15 is 0 Å². The SMILES string of the molecule is Cn1cc(C2=NN(C3CCCC3O)C(=O)C2)cn1. The lowest BCUT2D eigenvalue weighted by atomic mass is 10.1. The lowest BCUT2D eigenvalue weighted by Gasteiger charge is -2.22. The Bertz CT molecular complexity index is 508. The van der Waals surface area contributed by atoms with Gasteiger partial charge in [-0.05, 0) is 19.3 Å². The average Bonchev–Trinajstić information content (AvgIpc) is 2.99. The zero-order chi connectivity index (χ0) is 12.7. The Morgan fingerprint density at radius 1 is 1.44 bits per heavy atom. The van der Waals surface area contributed by atoms with Crippen LogP contribution in [0.25, 0.3) is 0 Å². The van der Waals surface area contributed by atoms with Crippen LogP contribution in [-0.2, 0) is 11.8 Å². The molecule has 1 aromatic rings. The third kappa shape index (κ3) is 1.82. The summed E-state index contributed by atoms with van der Waals surface area (Å²) in [5.41, 5.74) is 1.62. The summed E-state index contributed by atoms with van der Waals surface area (Å²) in [6.45, 7) is 0. The smallest absolute Gasteiger partial charge is 0.249 e. The first kappa shape index (κ1) is 11.4. The molecule has 0 bridgehead atoms. The minimum Gasteiger partial charge on any atom is -0.391 e. The van der Waals surface area contributed by atoms with Crippen LogP contribution in [0.4, 0.5) is 0 Å². The molecule has 2 heterocycles. The van der Waals surface area contributed by atoms with Crippen molar-refractivity contribution in [1.82, 2.24) is 14.8 Å². The Morgan fingerprint density at radius 3 is 2.89 bits per heavy atom. The van der Waals surface area contributed by atoms with Crippen LogP contribution in [0.5, 0.6) is 0 Å². The number of hydrogen-bond acceptors (Lipinski definition) is 4. The predicted molar refractivity (Wildman–Crippen MR) is 64.9 cm³/mol. The fraction of sp³-hybridized carbons (Fsp3) is 0.583. The molecule has 0 radical (unpaired) electrons. The van der Waals surface area contributed by atoms with Gasteiger partial charge in [0.15, 0.2) is 0 Å². The summed E-state index contributed by atoms with van der Waals surface area (Å²) in [5.74, 6) is -0.0280. The molecule has 0 spiro atoms. The molecule has 3 rings (SSSR count). The van der Waals surface area contributed by atoms with Crippen LogP contribution in [-0.4, -0.2) is 43.7 Å². The summed E-state index contributed by atoms with van der Waals surface area (Å²) in [6, 6.07) is -0.147. The number of carbonyl (C=O) groups is 1. The topological polar surface area (TPSA) is 70.7 Å². The van der Waals surface area contributed by atoms with E-state index in [2.05, 4.69) is 10.2 Å². The Hall–Kier alpha value is -1.69. The largest absolute Gasteiger partial charge is 0.391 e. The van der Waals surface area contributed by atoms with Gasteiger partial charge in [0, 0.05) is 18.8 Å². The molecule has 1 aliphatic heterocycles. The van der Waals surface area contributed by atoms with Gasteiger partial charge in [0.1, 0.15) is 0 Å². The van der Waals surface area contributed by atoms with Crippen LogP contribution in [0, 0.1) is 0 Å². The molecule has 0 saturated heterocycles. The van der Waals surface area contributed by atoms with E-state index in [9.17, 15) is 9.90 Å². The van der Waals surface area contributed by atoms with E-state index in [1.807, 2.05) is 13.2 Å². The lowest BCUT2D eigenvalue weighted by molar-refractivity contribution is -0.132. The highest BCUT2D eigenvalue weighted by Crippen LogP contribution is 2.28. The van der Waals surface area contributed by atoms with Gasteiger partial charge in [0.05, 0.1) is 30.5 Å². The standard InChI is InChI=1S/C12H16N4O2/c1-15-7-8(6-13-15)9-5-12(18)16(14-9)10-3-2-4-11(10)17/h6-7,10-11,17H,2-5H2,1H3. The average molecular weight is 248 g/mol. The second-order valence-electron chi connectivity index (χ2n) is 4.93. The van der Waals surface area contributed by atoms with Crippen molar-refractivity contribution in [3.8, 4) is 0 Å². The van der Waals surface area contributed by atoms with Gasteiger partial charge in [-0.15, -0.1) is 0 Å². The van der Waals surface area contributed by atoms with Gasteiger partial charge in [-0.25, -0.2) is 5.01 Å². The van der Waals surface area contributed by atoms with Crippen LogP contribution < -0.4 is 0 Å². The van der Waals surface area contributed by atoms with Crippen molar-refractivity contribution in [2.24, 2.45) is 12.1 Å². The Morgan fingerprint density at radius 2 is 2.28 bits per heavy atom. The molecular weight excluding hydrogens is 232 g/mol. The van der Waals surface area contributed by atoms with Gasteiger partial charge in [0.25, 0.3) is 0 Å². The number of aliphatic hydroxyl groups is 1. The first-order chi connectivity index (χ1) is 8.65. The summed E-state index contributed by atoms with van der Waals surface area (Å²) < 4.78 is 1.69. The summed E-state index contributed by atoms with van der Waals surface area (Å²) in [5, 5.41) is 19.8. The molecule has 2 unspecified atom stereocenters. The summed E-state index contributed by atoms with van der Waals surface area (Å²) in [6.07, 6.45) is 5.96. The summed E-state index contributed by atoms with van der Waals surface area (Å²) >= 11 is 0.